The molecule has 0 bridgehead atoms. The Balaban J connectivity index is 2.54. The Morgan fingerprint density at radius 1 is 1.14 bits per heavy atom. The second-order valence-corrected chi connectivity index (χ2v) is 6.76. The van der Waals surface area contributed by atoms with Gasteiger partial charge in [0.1, 0.15) is 0 Å². The number of amides is 2. The van der Waals surface area contributed by atoms with Gasteiger partial charge in [-0.1, -0.05) is 44.2 Å². The first kappa shape index (κ1) is 15.7. The van der Waals surface area contributed by atoms with Gasteiger partial charge in [0.2, 0.25) is 11.8 Å². The van der Waals surface area contributed by atoms with Gasteiger partial charge < -0.3 is 4.90 Å². The molecule has 4 nitrogen and oxygen atoms in total. The van der Waals surface area contributed by atoms with Crippen molar-refractivity contribution in [1.82, 2.24) is 10.2 Å². The van der Waals surface area contributed by atoms with E-state index in [9.17, 15) is 9.59 Å². The highest BCUT2D eigenvalue weighted by Crippen LogP contribution is 2.49. The molecule has 1 aromatic carbocycles. The Bertz CT molecular complexity index is 537. The summed E-state index contributed by atoms with van der Waals surface area (Å²) in [6, 6.07) is 9.83. The summed E-state index contributed by atoms with van der Waals surface area (Å²) in [5, 5.41) is 2.55. The van der Waals surface area contributed by atoms with Gasteiger partial charge >= 0.3 is 0 Å². The molecule has 0 saturated carbocycles. The molecule has 114 valence electrons. The summed E-state index contributed by atoms with van der Waals surface area (Å²) >= 11 is 0. The zero-order chi connectivity index (χ0) is 15.7. The van der Waals surface area contributed by atoms with Crippen LogP contribution in [0.1, 0.15) is 32.3 Å². The molecule has 2 amide bonds. The predicted molar refractivity (Wildman–Crippen MR) is 82.8 cm³/mol. The van der Waals surface area contributed by atoms with Crippen molar-refractivity contribution in [2.45, 2.75) is 32.1 Å². The van der Waals surface area contributed by atoms with E-state index >= 15 is 0 Å². The van der Waals surface area contributed by atoms with E-state index < -0.39 is 10.8 Å². The van der Waals surface area contributed by atoms with Gasteiger partial charge in [-0.3, -0.25) is 14.9 Å². The molecule has 1 unspecified atom stereocenters. The number of benzene rings is 1. The van der Waals surface area contributed by atoms with Gasteiger partial charge in [-0.15, -0.1) is 0 Å². The highest BCUT2D eigenvalue weighted by molar-refractivity contribution is 6.04. The number of carbonyl (C=O) groups excluding carboxylic acids is 2. The van der Waals surface area contributed by atoms with Crippen LogP contribution in [0.2, 0.25) is 0 Å². The molecular weight excluding hydrogens is 264 g/mol. The van der Waals surface area contributed by atoms with Gasteiger partial charge in [-0.2, -0.15) is 0 Å². The molecule has 4 heteroatoms. The van der Waals surface area contributed by atoms with Crippen molar-refractivity contribution in [1.29, 1.82) is 0 Å². The maximum absolute atomic E-state index is 12.8. The summed E-state index contributed by atoms with van der Waals surface area (Å²) in [7, 11) is 4.00. The minimum absolute atomic E-state index is 0.170. The van der Waals surface area contributed by atoms with Crippen LogP contribution in [0.25, 0.3) is 0 Å². The molecule has 1 fully saturated rings. The smallest absolute Gasteiger partial charge is 0.237 e. The van der Waals surface area contributed by atoms with E-state index in [1.54, 1.807) is 0 Å². The molecule has 1 aromatic rings. The van der Waals surface area contributed by atoms with Crippen LogP contribution in [0.5, 0.6) is 0 Å². The number of imide groups is 1. The molecule has 0 aromatic heterocycles. The second-order valence-electron chi connectivity index (χ2n) is 6.76. The van der Waals surface area contributed by atoms with Crippen LogP contribution in [-0.2, 0) is 15.0 Å². The maximum atomic E-state index is 12.8. The molecule has 0 spiro atoms. The number of nitrogens with one attached hydrogen (secondary N) is 1. The summed E-state index contributed by atoms with van der Waals surface area (Å²) in [5.74, 6) is -0.349. The van der Waals surface area contributed by atoms with Crippen molar-refractivity contribution in [2.75, 3.05) is 20.6 Å². The lowest BCUT2D eigenvalue weighted by Crippen LogP contribution is -2.61. The molecule has 1 aliphatic heterocycles. The van der Waals surface area contributed by atoms with Crippen LogP contribution in [-0.4, -0.2) is 37.4 Å². The normalized spacial score (nSPS) is 25.0. The van der Waals surface area contributed by atoms with Crippen molar-refractivity contribution < 1.29 is 9.59 Å². The Labute approximate surface area is 126 Å². The number of carbonyl (C=O) groups is 2. The van der Waals surface area contributed by atoms with E-state index in [1.807, 2.05) is 58.3 Å². The maximum Gasteiger partial charge on any atom is 0.237 e. The summed E-state index contributed by atoms with van der Waals surface area (Å²) in [4.78, 5) is 26.7. The van der Waals surface area contributed by atoms with Crippen LogP contribution in [0.4, 0.5) is 0 Å². The molecule has 1 atom stereocenters. The summed E-state index contributed by atoms with van der Waals surface area (Å²) < 4.78 is 0. The van der Waals surface area contributed by atoms with Crippen LogP contribution < -0.4 is 5.32 Å². The minimum Gasteiger partial charge on any atom is -0.309 e. The lowest BCUT2D eigenvalue weighted by molar-refractivity contribution is -0.145. The number of nitrogens with zero attached hydrogens (tertiary/aromatic N) is 1. The van der Waals surface area contributed by atoms with Crippen molar-refractivity contribution in [3.63, 3.8) is 0 Å². The fraction of sp³-hybridized carbons (Fsp3) is 0.529. The Morgan fingerprint density at radius 3 is 2.29 bits per heavy atom. The van der Waals surface area contributed by atoms with E-state index in [0.29, 0.717) is 12.8 Å². The van der Waals surface area contributed by atoms with Gasteiger partial charge in [0.05, 0.1) is 5.41 Å². The predicted octanol–water partition coefficient (Wildman–Crippen LogP) is 1.95. The molecule has 0 aliphatic carbocycles. The lowest BCUT2D eigenvalue weighted by Gasteiger charge is -2.49. The zero-order valence-electron chi connectivity index (χ0n) is 13.3. The molecule has 1 aliphatic rings. The van der Waals surface area contributed by atoms with Gasteiger partial charge in [0.15, 0.2) is 0 Å². The number of hydrogen-bond acceptors (Lipinski definition) is 3. The highest BCUT2D eigenvalue weighted by atomic mass is 16.2. The molecular formula is C17H24N2O2. The average molecular weight is 288 g/mol. The quantitative estimate of drug-likeness (QED) is 0.862. The third-order valence-corrected chi connectivity index (χ3v) is 4.60. The number of piperidine rings is 1. The van der Waals surface area contributed by atoms with Gasteiger partial charge in [0.25, 0.3) is 0 Å². The zero-order valence-corrected chi connectivity index (χ0v) is 13.3. The van der Waals surface area contributed by atoms with Crippen molar-refractivity contribution in [3.05, 3.63) is 35.9 Å². The van der Waals surface area contributed by atoms with E-state index in [0.717, 1.165) is 12.1 Å². The first-order chi connectivity index (χ1) is 9.79. The van der Waals surface area contributed by atoms with Crippen molar-refractivity contribution >= 4 is 11.8 Å². The van der Waals surface area contributed by atoms with Crippen LogP contribution in [0, 0.1) is 5.41 Å². The molecule has 1 heterocycles. The van der Waals surface area contributed by atoms with E-state index in [4.69, 9.17) is 0 Å². The van der Waals surface area contributed by atoms with Gasteiger partial charge in [0, 0.05) is 6.42 Å². The molecule has 1 saturated heterocycles. The Morgan fingerprint density at radius 2 is 1.76 bits per heavy atom. The monoisotopic (exact) mass is 288 g/mol. The Hall–Kier alpha value is -1.68. The third kappa shape index (κ3) is 2.72. The average Bonchev–Trinajstić information content (AvgIpc) is 2.37. The van der Waals surface area contributed by atoms with E-state index in [-0.39, 0.29) is 11.8 Å². The fourth-order valence-electron chi connectivity index (χ4n) is 3.37. The van der Waals surface area contributed by atoms with Crippen molar-refractivity contribution in [3.8, 4) is 0 Å². The van der Waals surface area contributed by atoms with E-state index in [2.05, 4.69) is 10.2 Å². The first-order valence-electron chi connectivity index (χ1n) is 7.34. The van der Waals surface area contributed by atoms with Gasteiger partial charge in [-0.05, 0) is 38.0 Å². The molecule has 2 rings (SSSR count). The lowest BCUT2D eigenvalue weighted by atomic mass is 9.56. The highest BCUT2D eigenvalue weighted by Gasteiger charge is 2.55. The van der Waals surface area contributed by atoms with Gasteiger partial charge in [-0.25, -0.2) is 0 Å². The number of hydrogen-bond donors (Lipinski definition) is 1. The summed E-state index contributed by atoms with van der Waals surface area (Å²) in [6.07, 6.45) is 1.05. The van der Waals surface area contributed by atoms with Crippen LogP contribution in [0.3, 0.4) is 0 Å². The molecule has 1 N–H and O–H groups in total. The second kappa shape index (κ2) is 5.60. The Kier molecular flexibility index (Phi) is 4.19. The summed E-state index contributed by atoms with van der Waals surface area (Å²) in [5.41, 5.74) is -0.0993. The number of rotatable bonds is 4. The van der Waals surface area contributed by atoms with Crippen LogP contribution in [0.15, 0.2) is 30.3 Å². The fourth-order valence-corrected chi connectivity index (χ4v) is 3.37. The standard InChI is InChI=1S/C17H24N2O2/c1-16(2)12-14(20)18-15(21)17(16,10-11-19(3)4)13-8-6-5-7-9-13/h5-9H,10-12H2,1-4H3,(H,18,20,21). The SMILES string of the molecule is CN(C)CCC1(c2ccccc2)C(=O)NC(=O)CC1(C)C. The van der Waals surface area contributed by atoms with Crippen molar-refractivity contribution in [2.24, 2.45) is 5.41 Å². The first-order valence-corrected chi connectivity index (χ1v) is 7.34. The topological polar surface area (TPSA) is 49.4 Å². The van der Waals surface area contributed by atoms with E-state index in [1.165, 1.54) is 0 Å². The summed E-state index contributed by atoms with van der Waals surface area (Å²) in [6.45, 7) is 4.83. The third-order valence-electron chi connectivity index (χ3n) is 4.60. The molecule has 21 heavy (non-hydrogen) atoms. The molecule has 0 radical (unpaired) electrons. The minimum atomic E-state index is -0.674. The van der Waals surface area contributed by atoms with Crippen LogP contribution >= 0.6 is 0 Å². The largest absolute Gasteiger partial charge is 0.309 e.